The first-order chi connectivity index (χ1) is 15.6. The number of nitrogens with one attached hydrogen (secondary N) is 1. The second-order valence-electron chi connectivity index (χ2n) is 8.30. The molecule has 1 N–H and O–H groups in total. The lowest BCUT2D eigenvalue weighted by atomic mass is 9.94. The van der Waals surface area contributed by atoms with Crippen LogP contribution in [0, 0.1) is 17.1 Å². The molecule has 1 aromatic heterocycles. The van der Waals surface area contributed by atoms with E-state index in [1.807, 2.05) is 29.3 Å². The van der Waals surface area contributed by atoms with Crippen LogP contribution in [0.3, 0.4) is 0 Å². The number of carbonyl (C=O) groups excluding carboxylic acids is 1. The Balaban J connectivity index is 1.54. The SMILES string of the molecule is N#Cc1cccc(NC(=O)N(Cc2cccn2Cc2cccc(F)c2)C2CCCCC2)c1. The van der Waals surface area contributed by atoms with E-state index in [0.717, 1.165) is 36.9 Å². The predicted molar refractivity (Wildman–Crippen MR) is 123 cm³/mol. The van der Waals surface area contributed by atoms with E-state index in [4.69, 9.17) is 5.26 Å². The van der Waals surface area contributed by atoms with Gasteiger partial charge in [-0.15, -0.1) is 0 Å². The number of urea groups is 1. The lowest BCUT2D eigenvalue weighted by molar-refractivity contribution is 0.161. The highest BCUT2D eigenvalue weighted by Gasteiger charge is 2.26. The van der Waals surface area contributed by atoms with Crippen molar-refractivity contribution >= 4 is 11.7 Å². The molecule has 4 rings (SSSR count). The normalized spacial score (nSPS) is 14.0. The number of aromatic nitrogens is 1. The summed E-state index contributed by atoms with van der Waals surface area (Å²) in [7, 11) is 0. The van der Waals surface area contributed by atoms with E-state index in [1.54, 1.807) is 30.3 Å². The first-order valence-corrected chi connectivity index (χ1v) is 11.1. The van der Waals surface area contributed by atoms with Crippen molar-refractivity contribution in [1.82, 2.24) is 9.47 Å². The molecular formula is C26H27FN4O. The first-order valence-electron chi connectivity index (χ1n) is 11.1. The summed E-state index contributed by atoms with van der Waals surface area (Å²) < 4.78 is 15.7. The standard InChI is InChI=1S/C26H27FN4O/c27-22-9-4-8-21(15-22)18-30-14-6-13-25(30)19-31(24-11-2-1-3-12-24)26(32)29-23-10-5-7-20(16-23)17-28/h4-10,13-16,24H,1-3,11-12,18-19H2,(H,29,32). The number of hydrogen-bond donors (Lipinski definition) is 1. The van der Waals surface area contributed by atoms with Crippen molar-refractivity contribution in [2.45, 2.75) is 51.2 Å². The molecule has 0 aliphatic heterocycles. The molecule has 164 valence electrons. The quantitative estimate of drug-likeness (QED) is 0.528. The summed E-state index contributed by atoms with van der Waals surface area (Å²) in [6, 6.07) is 19.6. The molecule has 3 aromatic rings. The van der Waals surface area contributed by atoms with E-state index < -0.39 is 0 Å². The van der Waals surface area contributed by atoms with Gasteiger partial charge in [0, 0.05) is 30.2 Å². The maximum atomic E-state index is 13.6. The van der Waals surface area contributed by atoms with Crippen molar-refractivity contribution in [1.29, 1.82) is 5.26 Å². The van der Waals surface area contributed by atoms with Crippen LogP contribution in [0.2, 0.25) is 0 Å². The monoisotopic (exact) mass is 430 g/mol. The fourth-order valence-electron chi connectivity index (χ4n) is 4.38. The van der Waals surface area contributed by atoms with Crippen molar-refractivity contribution in [2.24, 2.45) is 0 Å². The Kier molecular flexibility index (Phi) is 6.86. The molecule has 1 heterocycles. The van der Waals surface area contributed by atoms with Gasteiger partial charge in [0.05, 0.1) is 18.2 Å². The number of nitriles is 1. The van der Waals surface area contributed by atoms with Crippen LogP contribution >= 0.6 is 0 Å². The molecule has 0 bridgehead atoms. The van der Waals surface area contributed by atoms with Crippen LogP contribution in [0.5, 0.6) is 0 Å². The third kappa shape index (κ3) is 5.36. The minimum absolute atomic E-state index is 0.162. The van der Waals surface area contributed by atoms with Crippen molar-refractivity contribution in [3.8, 4) is 6.07 Å². The highest BCUT2D eigenvalue weighted by molar-refractivity contribution is 5.89. The highest BCUT2D eigenvalue weighted by Crippen LogP contribution is 2.25. The molecule has 2 amide bonds. The molecule has 0 saturated heterocycles. The van der Waals surface area contributed by atoms with E-state index in [0.29, 0.717) is 24.3 Å². The Hall–Kier alpha value is -3.59. The molecule has 1 saturated carbocycles. The number of hydrogen-bond acceptors (Lipinski definition) is 2. The van der Waals surface area contributed by atoms with Gasteiger partial charge in [0.1, 0.15) is 5.82 Å². The molecule has 5 nitrogen and oxygen atoms in total. The van der Waals surface area contributed by atoms with Gasteiger partial charge in [-0.25, -0.2) is 9.18 Å². The van der Waals surface area contributed by atoms with Crippen LogP contribution in [-0.4, -0.2) is 21.5 Å². The third-order valence-electron chi connectivity index (χ3n) is 6.02. The van der Waals surface area contributed by atoms with Crippen molar-refractivity contribution in [3.63, 3.8) is 0 Å². The molecule has 1 aliphatic rings. The molecule has 32 heavy (non-hydrogen) atoms. The topological polar surface area (TPSA) is 61.1 Å². The summed E-state index contributed by atoms with van der Waals surface area (Å²) >= 11 is 0. The number of halogens is 1. The Morgan fingerprint density at radius 2 is 1.91 bits per heavy atom. The average Bonchev–Trinajstić information content (AvgIpc) is 3.24. The van der Waals surface area contributed by atoms with Crippen LogP contribution in [0.4, 0.5) is 14.9 Å². The van der Waals surface area contributed by atoms with Crippen molar-refractivity contribution in [2.75, 3.05) is 5.32 Å². The summed E-state index contributed by atoms with van der Waals surface area (Å²) in [4.78, 5) is 15.2. The minimum Gasteiger partial charge on any atom is -0.345 e. The summed E-state index contributed by atoms with van der Waals surface area (Å²) in [5, 5.41) is 12.1. The molecule has 0 spiro atoms. The van der Waals surface area contributed by atoms with E-state index in [9.17, 15) is 9.18 Å². The lowest BCUT2D eigenvalue weighted by Gasteiger charge is -2.34. The second kappa shape index (κ2) is 10.1. The number of benzene rings is 2. The van der Waals surface area contributed by atoms with E-state index in [-0.39, 0.29) is 17.9 Å². The molecule has 0 radical (unpaired) electrons. The van der Waals surface area contributed by atoms with Crippen molar-refractivity contribution < 1.29 is 9.18 Å². The summed E-state index contributed by atoms with van der Waals surface area (Å²) in [6.07, 6.45) is 7.36. The number of amides is 2. The number of anilines is 1. The van der Waals surface area contributed by atoms with E-state index in [1.165, 1.54) is 18.6 Å². The van der Waals surface area contributed by atoms with Crippen LogP contribution in [0.25, 0.3) is 0 Å². The Morgan fingerprint density at radius 3 is 2.69 bits per heavy atom. The smallest absolute Gasteiger partial charge is 0.322 e. The zero-order valence-corrected chi connectivity index (χ0v) is 18.0. The van der Waals surface area contributed by atoms with Crippen LogP contribution < -0.4 is 5.32 Å². The number of carbonyl (C=O) groups is 1. The lowest BCUT2D eigenvalue weighted by Crippen LogP contribution is -2.43. The summed E-state index contributed by atoms with van der Waals surface area (Å²) in [5.74, 6) is -0.251. The number of nitrogens with zero attached hydrogens (tertiary/aromatic N) is 3. The summed E-state index contributed by atoms with van der Waals surface area (Å²) in [6.45, 7) is 1.02. The van der Waals surface area contributed by atoms with Gasteiger partial charge in [-0.1, -0.05) is 37.5 Å². The molecule has 1 aliphatic carbocycles. The minimum atomic E-state index is -0.251. The van der Waals surface area contributed by atoms with Gasteiger partial charge < -0.3 is 14.8 Å². The maximum Gasteiger partial charge on any atom is 0.322 e. The zero-order valence-electron chi connectivity index (χ0n) is 18.0. The fourth-order valence-corrected chi connectivity index (χ4v) is 4.38. The first kappa shape index (κ1) is 21.6. The molecule has 6 heteroatoms. The van der Waals surface area contributed by atoms with Gasteiger partial charge in [0.2, 0.25) is 0 Å². The third-order valence-corrected chi connectivity index (χ3v) is 6.02. The van der Waals surface area contributed by atoms with Gasteiger partial charge in [-0.2, -0.15) is 5.26 Å². The van der Waals surface area contributed by atoms with Gasteiger partial charge in [-0.05, 0) is 60.9 Å². The predicted octanol–water partition coefficient (Wildman–Crippen LogP) is 5.91. The van der Waals surface area contributed by atoms with Gasteiger partial charge >= 0.3 is 6.03 Å². The molecule has 0 atom stereocenters. The van der Waals surface area contributed by atoms with Crippen LogP contribution in [-0.2, 0) is 13.1 Å². The van der Waals surface area contributed by atoms with Crippen molar-refractivity contribution in [3.05, 3.63) is 89.5 Å². The Morgan fingerprint density at radius 1 is 1.09 bits per heavy atom. The second-order valence-corrected chi connectivity index (χ2v) is 8.30. The Bertz CT molecular complexity index is 1110. The van der Waals surface area contributed by atoms with Gasteiger partial charge in [0.25, 0.3) is 0 Å². The largest absolute Gasteiger partial charge is 0.345 e. The van der Waals surface area contributed by atoms with Crippen LogP contribution in [0.15, 0.2) is 66.9 Å². The van der Waals surface area contributed by atoms with E-state index in [2.05, 4.69) is 16.0 Å². The molecule has 1 fully saturated rings. The Labute approximate surface area is 188 Å². The van der Waals surface area contributed by atoms with E-state index >= 15 is 0 Å². The van der Waals surface area contributed by atoms with Gasteiger partial charge in [-0.3, -0.25) is 0 Å². The van der Waals surface area contributed by atoms with Gasteiger partial charge in [0.15, 0.2) is 0 Å². The van der Waals surface area contributed by atoms with Crippen LogP contribution in [0.1, 0.15) is 48.9 Å². The average molecular weight is 431 g/mol. The molecule has 0 unspecified atom stereocenters. The molecule has 2 aromatic carbocycles. The molecular weight excluding hydrogens is 403 g/mol. The fraction of sp³-hybridized carbons (Fsp3) is 0.308. The summed E-state index contributed by atoms with van der Waals surface area (Å²) in [5.41, 5.74) is 3.01. The highest BCUT2D eigenvalue weighted by atomic mass is 19.1. The number of rotatable bonds is 6. The zero-order chi connectivity index (χ0) is 22.3. The maximum absolute atomic E-state index is 13.6.